The third-order valence-electron chi connectivity index (χ3n) is 3.38. The Kier molecular flexibility index (Phi) is 4.63. The average molecular weight is 324 g/mol. The molecule has 0 aliphatic rings. The molecule has 0 spiro atoms. The SMILES string of the molecule is Cc1ccccc1NC(=O)NCc1nccnc1-c1ccsc1. The van der Waals surface area contributed by atoms with Crippen molar-refractivity contribution in [2.75, 3.05) is 5.32 Å². The highest BCUT2D eigenvalue weighted by atomic mass is 32.1. The Hall–Kier alpha value is -2.73. The van der Waals surface area contributed by atoms with Crippen LogP contribution in [0.2, 0.25) is 0 Å². The molecule has 116 valence electrons. The highest BCUT2D eigenvalue weighted by Crippen LogP contribution is 2.22. The van der Waals surface area contributed by atoms with Gasteiger partial charge in [-0.1, -0.05) is 18.2 Å². The van der Waals surface area contributed by atoms with Crippen molar-refractivity contribution in [3.63, 3.8) is 0 Å². The van der Waals surface area contributed by atoms with E-state index in [0.29, 0.717) is 6.54 Å². The minimum Gasteiger partial charge on any atom is -0.332 e. The number of carbonyl (C=O) groups is 1. The monoisotopic (exact) mass is 324 g/mol. The van der Waals surface area contributed by atoms with E-state index >= 15 is 0 Å². The van der Waals surface area contributed by atoms with E-state index in [1.165, 1.54) is 0 Å². The molecule has 0 atom stereocenters. The van der Waals surface area contributed by atoms with Crippen LogP contribution in [0.1, 0.15) is 11.3 Å². The molecule has 3 aromatic rings. The van der Waals surface area contributed by atoms with Crippen LogP contribution < -0.4 is 10.6 Å². The van der Waals surface area contributed by atoms with Crippen molar-refractivity contribution in [1.29, 1.82) is 0 Å². The van der Waals surface area contributed by atoms with Gasteiger partial charge >= 0.3 is 6.03 Å². The van der Waals surface area contributed by atoms with Gasteiger partial charge in [-0.2, -0.15) is 11.3 Å². The van der Waals surface area contributed by atoms with Gasteiger partial charge in [-0.25, -0.2) is 4.79 Å². The standard InChI is InChI=1S/C17H16N4OS/c1-12-4-2-3-5-14(12)21-17(22)20-10-15-16(19-8-7-18-15)13-6-9-23-11-13/h2-9,11H,10H2,1H3,(H2,20,21,22). The number of rotatable bonds is 4. The number of benzene rings is 1. The van der Waals surface area contributed by atoms with Crippen molar-refractivity contribution in [3.05, 3.63) is 64.7 Å². The fraction of sp³-hybridized carbons (Fsp3) is 0.118. The fourth-order valence-corrected chi connectivity index (χ4v) is 2.82. The van der Waals surface area contributed by atoms with Gasteiger partial charge in [0.2, 0.25) is 0 Å². The van der Waals surface area contributed by atoms with Crippen LogP contribution in [-0.2, 0) is 6.54 Å². The lowest BCUT2D eigenvalue weighted by Crippen LogP contribution is -2.29. The van der Waals surface area contributed by atoms with Gasteiger partial charge in [0.1, 0.15) is 0 Å². The normalized spacial score (nSPS) is 10.3. The molecule has 2 aromatic heterocycles. The van der Waals surface area contributed by atoms with E-state index < -0.39 is 0 Å². The second-order valence-corrected chi connectivity index (χ2v) is 5.77. The van der Waals surface area contributed by atoms with Crippen LogP contribution in [-0.4, -0.2) is 16.0 Å². The maximum absolute atomic E-state index is 12.1. The summed E-state index contributed by atoms with van der Waals surface area (Å²) in [7, 11) is 0. The minimum atomic E-state index is -0.263. The Morgan fingerprint density at radius 1 is 1.17 bits per heavy atom. The molecule has 0 radical (unpaired) electrons. The Labute approximate surface area is 138 Å². The molecule has 0 bridgehead atoms. The minimum absolute atomic E-state index is 0.263. The van der Waals surface area contributed by atoms with Gasteiger partial charge in [0.25, 0.3) is 0 Å². The first-order valence-corrected chi connectivity index (χ1v) is 8.11. The summed E-state index contributed by atoms with van der Waals surface area (Å²) in [6.07, 6.45) is 3.29. The number of carbonyl (C=O) groups excluding carboxylic acids is 1. The summed E-state index contributed by atoms with van der Waals surface area (Å²) < 4.78 is 0. The molecule has 23 heavy (non-hydrogen) atoms. The summed E-state index contributed by atoms with van der Waals surface area (Å²) in [5.74, 6) is 0. The zero-order valence-corrected chi connectivity index (χ0v) is 13.4. The molecule has 6 heteroatoms. The topological polar surface area (TPSA) is 66.9 Å². The summed E-state index contributed by atoms with van der Waals surface area (Å²) in [5.41, 5.74) is 4.36. The average Bonchev–Trinajstić information content (AvgIpc) is 3.10. The molecular weight excluding hydrogens is 308 g/mol. The quantitative estimate of drug-likeness (QED) is 0.766. The van der Waals surface area contributed by atoms with Crippen LogP contribution in [0.4, 0.5) is 10.5 Å². The maximum atomic E-state index is 12.1. The van der Waals surface area contributed by atoms with E-state index in [1.807, 2.05) is 48.0 Å². The Bertz CT molecular complexity index is 802. The van der Waals surface area contributed by atoms with Crippen LogP contribution >= 0.6 is 11.3 Å². The summed E-state index contributed by atoms with van der Waals surface area (Å²) in [4.78, 5) is 20.8. The molecule has 2 N–H and O–H groups in total. The van der Waals surface area contributed by atoms with Crippen LogP contribution in [0.25, 0.3) is 11.3 Å². The summed E-state index contributed by atoms with van der Waals surface area (Å²) in [5, 5.41) is 9.67. The lowest BCUT2D eigenvalue weighted by molar-refractivity contribution is 0.251. The molecule has 0 saturated carbocycles. The van der Waals surface area contributed by atoms with Crippen molar-refractivity contribution in [2.45, 2.75) is 13.5 Å². The van der Waals surface area contributed by atoms with E-state index in [9.17, 15) is 4.79 Å². The Morgan fingerprint density at radius 2 is 2.00 bits per heavy atom. The maximum Gasteiger partial charge on any atom is 0.319 e. The summed E-state index contributed by atoms with van der Waals surface area (Å²) in [6.45, 7) is 2.27. The first-order chi connectivity index (χ1) is 11.2. The molecule has 1 aromatic carbocycles. The molecule has 0 aliphatic heterocycles. The third kappa shape index (κ3) is 3.73. The number of urea groups is 1. The van der Waals surface area contributed by atoms with Gasteiger partial charge in [-0.15, -0.1) is 0 Å². The summed E-state index contributed by atoms with van der Waals surface area (Å²) in [6, 6.07) is 9.37. The smallest absolute Gasteiger partial charge is 0.319 e. The second-order valence-electron chi connectivity index (χ2n) is 4.99. The molecule has 3 rings (SSSR count). The number of aromatic nitrogens is 2. The first kappa shape index (κ1) is 15.2. The van der Waals surface area contributed by atoms with Crippen LogP contribution in [0.15, 0.2) is 53.5 Å². The fourth-order valence-electron chi connectivity index (χ4n) is 2.18. The van der Waals surface area contributed by atoms with Gasteiger partial charge in [0.05, 0.1) is 17.9 Å². The van der Waals surface area contributed by atoms with Crippen LogP contribution in [0.3, 0.4) is 0 Å². The number of aryl methyl sites for hydroxylation is 1. The molecule has 0 saturated heterocycles. The van der Waals surface area contributed by atoms with Crippen molar-refractivity contribution in [2.24, 2.45) is 0 Å². The van der Waals surface area contributed by atoms with Crippen LogP contribution in [0, 0.1) is 6.92 Å². The molecule has 2 heterocycles. The molecule has 0 fully saturated rings. The first-order valence-electron chi connectivity index (χ1n) is 7.17. The zero-order valence-electron chi connectivity index (χ0n) is 12.6. The summed E-state index contributed by atoms with van der Waals surface area (Å²) >= 11 is 1.60. The zero-order chi connectivity index (χ0) is 16.1. The van der Waals surface area contributed by atoms with Crippen LogP contribution in [0.5, 0.6) is 0 Å². The lowest BCUT2D eigenvalue weighted by Gasteiger charge is -2.10. The van der Waals surface area contributed by atoms with E-state index in [0.717, 1.165) is 28.2 Å². The Balaban J connectivity index is 1.67. The number of anilines is 1. The molecule has 2 amide bonds. The number of thiophene rings is 1. The van der Waals surface area contributed by atoms with E-state index in [2.05, 4.69) is 20.6 Å². The Morgan fingerprint density at radius 3 is 2.78 bits per heavy atom. The molecule has 0 unspecified atom stereocenters. The number of nitrogens with one attached hydrogen (secondary N) is 2. The van der Waals surface area contributed by atoms with Crippen molar-refractivity contribution >= 4 is 23.1 Å². The van der Waals surface area contributed by atoms with E-state index in [4.69, 9.17) is 0 Å². The molecular formula is C17H16N4OS. The number of hydrogen-bond acceptors (Lipinski definition) is 4. The van der Waals surface area contributed by atoms with Gasteiger partial charge < -0.3 is 10.6 Å². The molecule has 0 aliphatic carbocycles. The van der Waals surface area contributed by atoms with E-state index in [1.54, 1.807) is 23.7 Å². The van der Waals surface area contributed by atoms with Gasteiger partial charge in [-0.05, 0) is 30.0 Å². The van der Waals surface area contributed by atoms with Gasteiger partial charge in [-0.3, -0.25) is 9.97 Å². The lowest BCUT2D eigenvalue weighted by atomic mass is 10.2. The van der Waals surface area contributed by atoms with Crippen molar-refractivity contribution < 1.29 is 4.79 Å². The highest BCUT2D eigenvalue weighted by Gasteiger charge is 2.10. The van der Waals surface area contributed by atoms with Gasteiger partial charge in [0, 0.05) is 29.0 Å². The van der Waals surface area contributed by atoms with E-state index in [-0.39, 0.29) is 6.03 Å². The third-order valence-corrected chi connectivity index (χ3v) is 4.06. The highest BCUT2D eigenvalue weighted by molar-refractivity contribution is 7.08. The molecule has 5 nitrogen and oxygen atoms in total. The predicted octanol–water partition coefficient (Wildman–Crippen LogP) is 3.84. The van der Waals surface area contributed by atoms with Crippen molar-refractivity contribution in [3.8, 4) is 11.3 Å². The second kappa shape index (κ2) is 7.02. The van der Waals surface area contributed by atoms with Gasteiger partial charge in [0.15, 0.2) is 0 Å². The number of hydrogen-bond donors (Lipinski definition) is 2. The number of amides is 2. The number of para-hydroxylation sites is 1. The predicted molar refractivity (Wildman–Crippen MR) is 92.4 cm³/mol. The van der Waals surface area contributed by atoms with Crippen molar-refractivity contribution in [1.82, 2.24) is 15.3 Å². The number of nitrogens with zero attached hydrogens (tertiary/aromatic N) is 2. The largest absolute Gasteiger partial charge is 0.332 e.